The summed E-state index contributed by atoms with van der Waals surface area (Å²) in [7, 11) is 6.54. The molecule has 0 unspecified atom stereocenters. The van der Waals surface area contributed by atoms with Crippen molar-refractivity contribution in [3.05, 3.63) is 0 Å². The van der Waals surface area contributed by atoms with Crippen molar-refractivity contribution in [1.82, 2.24) is 44.5 Å². The number of carbonyl (C=O) groups excluding carboxylic acids is 2. The maximum Gasteiger partial charge on any atom is 0.225 e. The summed E-state index contributed by atoms with van der Waals surface area (Å²) in [6.45, 7) is 70.6. The summed E-state index contributed by atoms with van der Waals surface area (Å²) < 4.78 is 16.4. The summed E-state index contributed by atoms with van der Waals surface area (Å²) in [6.07, 6.45) is 14.5. The van der Waals surface area contributed by atoms with E-state index < -0.39 is 0 Å². The highest BCUT2D eigenvalue weighted by atomic mass is 16.5. The van der Waals surface area contributed by atoms with Crippen molar-refractivity contribution in [3.8, 4) is 0 Å². The maximum atomic E-state index is 11.7. The van der Waals surface area contributed by atoms with E-state index in [-0.39, 0.29) is 40.4 Å². The Morgan fingerprint density at radius 3 is 1.24 bits per heavy atom. The third kappa shape index (κ3) is 39.2. The summed E-state index contributed by atoms with van der Waals surface area (Å²) >= 11 is 0. The third-order valence-electron chi connectivity index (χ3n) is 18.8. The molecule has 2 amide bonds. The summed E-state index contributed by atoms with van der Waals surface area (Å²) in [6, 6.07) is 1.28. The fraction of sp³-hybridized carbons (Fsp3) is 0.973. The molecular weight excluding hydrogens is 1110 g/mol. The van der Waals surface area contributed by atoms with Crippen LogP contribution in [0.1, 0.15) is 222 Å². The molecule has 0 aromatic rings. The first kappa shape index (κ1) is 83.5. The van der Waals surface area contributed by atoms with Gasteiger partial charge in [-0.3, -0.25) is 29.2 Å². The molecule has 4 N–H and O–H groups in total. The van der Waals surface area contributed by atoms with Crippen LogP contribution < -0.4 is 11.1 Å². The van der Waals surface area contributed by atoms with Gasteiger partial charge in [-0.1, -0.05) is 83.1 Å². The summed E-state index contributed by atoms with van der Waals surface area (Å²) in [5.74, 6) is 1.10. The number of hydrogen-bond acceptors (Lipinski definition) is 14. The monoisotopic (exact) mass is 1260 g/mol. The Labute approximate surface area is 550 Å². The molecule has 8 fully saturated rings. The van der Waals surface area contributed by atoms with E-state index in [0.717, 1.165) is 149 Å². The number of likely N-dealkylation sites (tertiary alicyclic amines) is 4. The van der Waals surface area contributed by atoms with E-state index in [1.54, 1.807) is 0 Å². The Morgan fingerprint density at radius 2 is 0.865 bits per heavy atom. The minimum absolute atomic E-state index is 0.0284. The number of aliphatic hydroxyl groups is 1. The van der Waals surface area contributed by atoms with Crippen LogP contribution in [0.3, 0.4) is 0 Å². The minimum atomic E-state index is -0.261. The van der Waals surface area contributed by atoms with Crippen molar-refractivity contribution >= 4 is 11.8 Å². The maximum absolute atomic E-state index is 11.7. The van der Waals surface area contributed by atoms with Gasteiger partial charge in [-0.2, -0.15) is 0 Å². The number of piperazine rings is 1. The Balaban J connectivity index is 0.000000356. The molecule has 8 rings (SSSR count). The quantitative estimate of drug-likeness (QED) is 0.232. The highest BCUT2D eigenvalue weighted by Crippen LogP contribution is 2.39. The second-order valence-corrected chi connectivity index (χ2v) is 35.4. The molecule has 7 saturated heterocycles. The number of hydrogen-bond donors (Lipinski definition) is 3. The van der Waals surface area contributed by atoms with Gasteiger partial charge in [0.25, 0.3) is 0 Å². The van der Waals surface area contributed by atoms with E-state index in [0.29, 0.717) is 33.9 Å². The van der Waals surface area contributed by atoms with Crippen molar-refractivity contribution in [2.45, 2.75) is 263 Å². The minimum Gasteiger partial charge on any atom is -0.393 e. The van der Waals surface area contributed by atoms with Crippen molar-refractivity contribution in [1.29, 1.82) is 0 Å². The lowest BCUT2D eigenvalue weighted by atomic mass is 9.71. The van der Waals surface area contributed by atoms with Gasteiger partial charge in [0.1, 0.15) is 0 Å². The first-order valence-corrected chi connectivity index (χ1v) is 35.8. The molecular formula is C73H150N10O6. The highest BCUT2D eigenvalue weighted by Gasteiger charge is 2.34. The number of primary amides is 1. The molecule has 1 aliphatic carbocycles. The Hall–Kier alpha value is -1.54. The van der Waals surface area contributed by atoms with E-state index in [2.05, 4.69) is 190 Å². The van der Waals surface area contributed by atoms with Crippen LogP contribution in [0.4, 0.5) is 0 Å². The Kier molecular flexibility index (Phi) is 37.1. The van der Waals surface area contributed by atoms with Gasteiger partial charge >= 0.3 is 0 Å². The van der Waals surface area contributed by atoms with Gasteiger partial charge in [0.2, 0.25) is 11.8 Å². The summed E-state index contributed by atoms with van der Waals surface area (Å²) in [4.78, 5) is 42.3. The van der Waals surface area contributed by atoms with Crippen molar-refractivity contribution < 1.29 is 28.9 Å². The van der Waals surface area contributed by atoms with Crippen LogP contribution in [-0.2, 0) is 23.8 Å². The number of rotatable bonds is 6. The molecule has 0 aromatic heterocycles. The normalized spacial score (nSPS) is 24.5. The van der Waals surface area contributed by atoms with Crippen LogP contribution in [-0.4, -0.2) is 262 Å². The fourth-order valence-electron chi connectivity index (χ4n) is 12.9. The topological polar surface area (TPSA) is 146 Å². The average Bonchev–Trinajstić information content (AvgIpc) is 3.56. The molecule has 1 saturated carbocycles. The van der Waals surface area contributed by atoms with Crippen molar-refractivity contribution in [3.63, 3.8) is 0 Å². The van der Waals surface area contributed by atoms with E-state index in [9.17, 15) is 14.7 Å². The number of nitrogens with two attached hydrogens (primary N) is 1. The van der Waals surface area contributed by atoms with E-state index in [4.69, 9.17) is 19.9 Å². The lowest BCUT2D eigenvalue weighted by Gasteiger charge is -2.43. The lowest BCUT2D eigenvalue weighted by Crippen LogP contribution is -2.50. The third-order valence-corrected chi connectivity index (χ3v) is 18.8. The summed E-state index contributed by atoms with van der Waals surface area (Å²) in [5.41, 5.74) is 6.92. The number of morpholine rings is 2. The zero-order valence-electron chi connectivity index (χ0n) is 63.1. The average molecular weight is 1260 g/mol. The molecule has 528 valence electrons. The van der Waals surface area contributed by atoms with Crippen LogP contribution in [0.25, 0.3) is 0 Å². The number of likely N-dealkylation sites (N-methyl/N-ethyl adjacent to an activating group) is 1. The van der Waals surface area contributed by atoms with Crippen LogP contribution >= 0.6 is 0 Å². The second kappa shape index (κ2) is 39.5. The second-order valence-electron chi connectivity index (χ2n) is 35.4. The molecule has 0 atom stereocenters. The largest absolute Gasteiger partial charge is 0.393 e. The SMILES string of the molecule is CC(C)(C)CN1CCC(O)CC1.CC(C)(C)CN1CCOCC1.CC(C)(C)N1CCC(C(N)=O)CC1.CC(C)(C)N1CCOCC1.CN1CCC(NC(=O)C(C)(C)C)CC1.CN1CCC(OC(C)(C)C)CC1.CN1CCN(C2CCC(C(C)(C)C)CC2)CC1. The molecule has 16 heteroatoms. The number of carbonyl (C=O) groups is 2. The zero-order valence-corrected chi connectivity index (χ0v) is 63.1. The highest BCUT2D eigenvalue weighted by molar-refractivity contribution is 5.81. The number of nitrogens with one attached hydrogen (secondary N) is 1. The van der Waals surface area contributed by atoms with Crippen molar-refractivity contribution in [2.24, 2.45) is 39.2 Å². The van der Waals surface area contributed by atoms with Gasteiger partial charge in [0.05, 0.1) is 44.2 Å². The van der Waals surface area contributed by atoms with Crippen molar-refractivity contribution in [2.75, 3.05) is 165 Å². The van der Waals surface area contributed by atoms with Gasteiger partial charge in [-0.05, 0) is 209 Å². The van der Waals surface area contributed by atoms with Gasteiger partial charge in [0, 0.05) is 126 Å². The van der Waals surface area contributed by atoms with Gasteiger partial charge in [-0.25, -0.2) is 0 Å². The van der Waals surface area contributed by atoms with Crippen LogP contribution in [0.15, 0.2) is 0 Å². The van der Waals surface area contributed by atoms with Gasteiger partial charge in [0.15, 0.2) is 0 Å². The first-order valence-electron chi connectivity index (χ1n) is 35.8. The molecule has 89 heavy (non-hydrogen) atoms. The van der Waals surface area contributed by atoms with E-state index in [1.165, 1.54) is 84.3 Å². The lowest BCUT2D eigenvalue weighted by molar-refractivity contribution is -0.129. The molecule has 0 spiro atoms. The predicted molar refractivity (Wildman–Crippen MR) is 377 cm³/mol. The number of piperidine rings is 4. The molecule has 0 aromatic carbocycles. The smallest absolute Gasteiger partial charge is 0.225 e. The number of nitrogens with zero attached hydrogens (tertiary/aromatic N) is 8. The number of aliphatic hydroxyl groups excluding tert-OH is 1. The van der Waals surface area contributed by atoms with Crippen LogP contribution in [0.2, 0.25) is 0 Å². The molecule has 7 aliphatic heterocycles. The predicted octanol–water partition coefficient (Wildman–Crippen LogP) is 10.9. The van der Waals surface area contributed by atoms with E-state index in [1.807, 2.05) is 20.8 Å². The van der Waals surface area contributed by atoms with Gasteiger partial charge in [-0.15, -0.1) is 0 Å². The number of amides is 2. The molecule has 8 aliphatic rings. The zero-order chi connectivity index (χ0) is 67.6. The standard InChI is InChI=1S/C15H30N2.C11H22N2O.C10H20N2O.2C10H21NO.C9H19NO.C8H17NO/c1-15(2,3)13-5-7-14(8-6-13)17-11-9-16(4)10-12-17;1-11(2,3)10(14)12-9-5-7-13(4)8-6-9;1-10(2,3)12-6-4-8(5-7-12)9(11)13;1-10(2,3)12-9-5-7-11(4)8-6-9;1-10(2,3)8-11-6-4-9(12)5-7-11;1-9(2,3)8-10-4-6-11-7-5-10;1-8(2,3)9-4-6-10-7-5-9/h13-14H,5-12H2,1-4H3;9H,5-8H2,1-4H3,(H,12,14);8H,4-7H2,1-3H3,(H2,11,13);9H,5-8H2,1-4H3;9,12H,4-8H2,1-3H3;4-8H2,1-3H3;4-7H2,1-3H3. The van der Waals surface area contributed by atoms with Crippen LogP contribution in [0.5, 0.6) is 0 Å². The first-order chi connectivity index (χ1) is 40.9. The molecule has 0 radical (unpaired) electrons. The fourth-order valence-corrected chi connectivity index (χ4v) is 12.9. The van der Waals surface area contributed by atoms with Crippen LogP contribution in [0, 0.1) is 33.5 Å². The summed E-state index contributed by atoms with van der Waals surface area (Å²) in [5, 5.41) is 12.4. The Bertz CT molecular complexity index is 1800. The molecule has 16 nitrogen and oxygen atoms in total. The molecule has 0 bridgehead atoms. The number of ether oxygens (including phenoxy) is 3. The molecule has 7 heterocycles. The van der Waals surface area contributed by atoms with Gasteiger partial charge < -0.3 is 50.0 Å². The van der Waals surface area contributed by atoms with E-state index >= 15 is 0 Å². The Morgan fingerprint density at radius 1 is 0.472 bits per heavy atom.